The van der Waals surface area contributed by atoms with Gasteiger partial charge in [0.2, 0.25) is 11.8 Å². The highest BCUT2D eigenvalue weighted by Gasteiger charge is 2.27. The number of aromatic nitrogens is 1. The smallest absolute Gasteiger partial charge is 0.234 e. The van der Waals surface area contributed by atoms with Gasteiger partial charge < -0.3 is 10.2 Å². The summed E-state index contributed by atoms with van der Waals surface area (Å²) in [6.45, 7) is 1.39. The van der Waals surface area contributed by atoms with Crippen molar-refractivity contribution in [3.63, 3.8) is 0 Å². The molecule has 2 heterocycles. The van der Waals surface area contributed by atoms with Gasteiger partial charge in [-0.15, -0.1) is 0 Å². The monoisotopic (exact) mass is 285 g/mol. The molecule has 110 valence electrons. The van der Waals surface area contributed by atoms with Gasteiger partial charge >= 0.3 is 0 Å². The lowest BCUT2D eigenvalue weighted by atomic mass is 10.0. The maximum absolute atomic E-state index is 11.5. The van der Waals surface area contributed by atoms with Gasteiger partial charge in [-0.05, 0) is 19.4 Å². The normalized spacial score (nSPS) is 19.5. The van der Waals surface area contributed by atoms with Crippen LogP contribution in [0.15, 0.2) is 40.9 Å². The van der Waals surface area contributed by atoms with Gasteiger partial charge in [0.15, 0.2) is 5.76 Å². The number of amides is 1. The van der Waals surface area contributed by atoms with Crippen LogP contribution >= 0.6 is 0 Å². The maximum Gasteiger partial charge on any atom is 0.234 e. The Kier molecular flexibility index (Phi) is 4.01. The van der Waals surface area contributed by atoms with Crippen LogP contribution in [0.1, 0.15) is 25.2 Å². The van der Waals surface area contributed by atoms with E-state index in [1.807, 2.05) is 30.3 Å². The summed E-state index contributed by atoms with van der Waals surface area (Å²) in [5.41, 5.74) is 6.48. The highest BCUT2D eigenvalue weighted by Crippen LogP contribution is 2.23. The molecule has 5 nitrogen and oxygen atoms in total. The maximum atomic E-state index is 11.5. The molecular weight excluding hydrogens is 266 g/mol. The number of nitrogens with zero attached hydrogens (tertiary/aromatic N) is 2. The number of carbonyl (C=O) groups excluding carboxylic acids is 1. The molecule has 1 atom stereocenters. The zero-order chi connectivity index (χ0) is 14.7. The fourth-order valence-electron chi connectivity index (χ4n) is 2.80. The van der Waals surface area contributed by atoms with Crippen LogP contribution < -0.4 is 5.73 Å². The molecule has 0 aliphatic carbocycles. The second-order valence-electron chi connectivity index (χ2n) is 5.37. The molecule has 1 aliphatic heterocycles. The minimum absolute atomic E-state index is 0.203. The molecule has 1 aromatic heterocycles. The van der Waals surface area contributed by atoms with E-state index < -0.39 is 0 Å². The molecule has 0 bridgehead atoms. The van der Waals surface area contributed by atoms with Gasteiger partial charge in [-0.25, -0.2) is 4.98 Å². The third kappa shape index (κ3) is 3.13. The molecule has 0 saturated carbocycles. The van der Waals surface area contributed by atoms with E-state index in [2.05, 4.69) is 9.88 Å². The van der Waals surface area contributed by atoms with Crippen LogP contribution in [-0.2, 0) is 11.3 Å². The molecule has 1 amide bonds. The second kappa shape index (κ2) is 6.10. The predicted octanol–water partition coefficient (Wildman–Crippen LogP) is 2.18. The largest absolute Gasteiger partial charge is 0.439 e. The first-order valence-electron chi connectivity index (χ1n) is 7.27. The molecule has 2 N–H and O–H groups in total. The quantitative estimate of drug-likeness (QED) is 0.934. The molecule has 1 aromatic carbocycles. The summed E-state index contributed by atoms with van der Waals surface area (Å²) in [6.07, 6.45) is 4.68. The van der Waals surface area contributed by atoms with Crippen LogP contribution in [0, 0.1) is 0 Å². The fourth-order valence-corrected chi connectivity index (χ4v) is 2.80. The van der Waals surface area contributed by atoms with Crippen molar-refractivity contribution in [3.8, 4) is 11.3 Å². The van der Waals surface area contributed by atoms with E-state index in [1.54, 1.807) is 6.20 Å². The molecular formula is C16H19N3O2. The molecule has 2 aromatic rings. The highest BCUT2D eigenvalue weighted by atomic mass is 16.4. The van der Waals surface area contributed by atoms with Crippen molar-refractivity contribution in [3.05, 3.63) is 42.4 Å². The number of nitrogens with two attached hydrogens (primary N) is 1. The van der Waals surface area contributed by atoms with E-state index in [4.69, 9.17) is 10.2 Å². The average molecular weight is 285 g/mol. The van der Waals surface area contributed by atoms with Crippen molar-refractivity contribution in [2.75, 3.05) is 6.54 Å². The first kappa shape index (κ1) is 13.8. The Morgan fingerprint density at radius 1 is 1.33 bits per heavy atom. The fraction of sp³-hybridized carbons (Fsp3) is 0.375. The van der Waals surface area contributed by atoms with Gasteiger partial charge in [0.1, 0.15) is 0 Å². The van der Waals surface area contributed by atoms with E-state index in [9.17, 15) is 4.79 Å². The van der Waals surface area contributed by atoms with Gasteiger partial charge in [-0.1, -0.05) is 36.8 Å². The summed E-state index contributed by atoms with van der Waals surface area (Å²) in [4.78, 5) is 17.9. The zero-order valence-corrected chi connectivity index (χ0v) is 11.9. The summed E-state index contributed by atoms with van der Waals surface area (Å²) in [5.74, 6) is 1.12. The van der Waals surface area contributed by atoms with Crippen LogP contribution in [0.2, 0.25) is 0 Å². The number of benzene rings is 1. The Morgan fingerprint density at radius 3 is 2.90 bits per heavy atom. The van der Waals surface area contributed by atoms with Crippen molar-refractivity contribution in [2.45, 2.75) is 31.8 Å². The summed E-state index contributed by atoms with van der Waals surface area (Å²) in [5, 5.41) is 0. The Morgan fingerprint density at radius 2 is 2.14 bits per heavy atom. The van der Waals surface area contributed by atoms with Gasteiger partial charge in [0, 0.05) is 5.56 Å². The predicted molar refractivity (Wildman–Crippen MR) is 79.2 cm³/mol. The molecule has 1 fully saturated rings. The van der Waals surface area contributed by atoms with Gasteiger partial charge in [0.25, 0.3) is 0 Å². The lowest BCUT2D eigenvalue weighted by Crippen LogP contribution is -2.47. The summed E-state index contributed by atoms with van der Waals surface area (Å²) < 4.78 is 5.80. The first-order chi connectivity index (χ1) is 10.2. The van der Waals surface area contributed by atoms with Crippen molar-refractivity contribution < 1.29 is 9.21 Å². The Balaban J connectivity index is 1.73. The minimum atomic E-state index is -0.260. The van der Waals surface area contributed by atoms with Crippen molar-refractivity contribution in [1.82, 2.24) is 9.88 Å². The van der Waals surface area contributed by atoms with E-state index in [1.165, 1.54) is 0 Å². The number of primary amides is 1. The molecule has 3 rings (SSSR count). The number of rotatable bonds is 4. The standard InChI is InChI=1S/C16H19N3O2/c17-16(20)13-8-4-5-9-19(13)11-15-18-10-14(21-15)12-6-2-1-3-7-12/h1-3,6-7,10,13H,4-5,8-9,11H2,(H2,17,20). The average Bonchev–Trinajstić information content (AvgIpc) is 2.97. The Bertz CT molecular complexity index is 609. The van der Waals surface area contributed by atoms with Crippen LogP contribution in [0.4, 0.5) is 0 Å². The molecule has 21 heavy (non-hydrogen) atoms. The van der Waals surface area contributed by atoms with Crippen molar-refractivity contribution in [1.29, 1.82) is 0 Å². The van der Waals surface area contributed by atoms with Crippen LogP contribution in [-0.4, -0.2) is 28.4 Å². The highest BCUT2D eigenvalue weighted by molar-refractivity contribution is 5.79. The number of carbonyl (C=O) groups is 1. The molecule has 1 saturated heterocycles. The molecule has 0 spiro atoms. The van der Waals surface area contributed by atoms with E-state index >= 15 is 0 Å². The Hall–Kier alpha value is -2.14. The lowest BCUT2D eigenvalue weighted by molar-refractivity contribution is -0.124. The number of hydrogen-bond acceptors (Lipinski definition) is 4. The molecule has 1 unspecified atom stereocenters. The summed E-state index contributed by atoms with van der Waals surface area (Å²) >= 11 is 0. The Labute approximate surface area is 123 Å². The first-order valence-corrected chi connectivity index (χ1v) is 7.27. The summed E-state index contributed by atoms with van der Waals surface area (Å²) in [6, 6.07) is 9.66. The summed E-state index contributed by atoms with van der Waals surface area (Å²) in [7, 11) is 0. The van der Waals surface area contributed by atoms with E-state index in [0.29, 0.717) is 12.4 Å². The topological polar surface area (TPSA) is 72.4 Å². The minimum Gasteiger partial charge on any atom is -0.439 e. The van der Waals surface area contributed by atoms with E-state index in [-0.39, 0.29) is 11.9 Å². The molecule has 0 radical (unpaired) electrons. The molecule has 1 aliphatic rings. The SMILES string of the molecule is NC(=O)C1CCCCN1Cc1ncc(-c2ccccc2)o1. The number of piperidine rings is 1. The molecule has 5 heteroatoms. The number of hydrogen-bond donors (Lipinski definition) is 1. The van der Waals surface area contributed by atoms with E-state index in [0.717, 1.165) is 37.1 Å². The van der Waals surface area contributed by atoms with Gasteiger partial charge in [-0.2, -0.15) is 0 Å². The van der Waals surface area contributed by atoms with Crippen molar-refractivity contribution in [2.24, 2.45) is 5.73 Å². The number of oxazole rings is 1. The third-order valence-electron chi connectivity index (χ3n) is 3.89. The van der Waals surface area contributed by atoms with Gasteiger partial charge in [0.05, 0.1) is 18.8 Å². The zero-order valence-electron chi connectivity index (χ0n) is 11.9. The number of likely N-dealkylation sites (tertiary alicyclic amines) is 1. The van der Waals surface area contributed by atoms with Crippen LogP contribution in [0.5, 0.6) is 0 Å². The van der Waals surface area contributed by atoms with Gasteiger partial charge in [-0.3, -0.25) is 9.69 Å². The lowest BCUT2D eigenvalue weighted by Gasteiger charge is -2.32. The second-order valence-corrected chi connectivity index (χ2v) is 5.37. The van der Waals surface area contributed by atoms with Crippen molar-refractivity contribution >= 4 is 5.91 Å². The van der Waals surface area contributed by atoms with Crippen LogP contribution in [0.3, 0.4) is 0 Å². The third-order valence-corrected chi connectivity index (χ3v) is 3.89. The van der Waals surface area contributed by atoms with Crippen LogP contribution in [0.25, 0.3) is 11.3 Å².